The molecule has 0 bridgehead atoms. The molecule has 1 saturated heterocycles. The van der Waals surface area contributed by atoms with E-state index < -0.39 is 0 Å². The van der Waals surface area contributed by atoms with Crippen LogP contribution in [-0.4, -0.2) is 82.0 Å². The molecule has 2 amide bonds. The predicted octanol–water partition coefficient (Wildman–Crippen LogP) is 5.90. The normalized spacial score (nSPS) is 14.9. The minimum atomic E-state index is -0.148. The number of aromatic nitrogens is 3. The topological polar surface area (TPSA) is 89.8 Å². The van der Waals surface area contributed by atoms with E-state index in [1.165, 1.54) is 5.56 Å². The third kappa shape index (κ3) is 6.91. The van der Waals surface area contributed by atoms with E-state index in [9.17, 15) is 9.59 Å². The number of hydrogen-bond donors (Lipinski definition) is 0. The van der Waals surface area contributed by atoms with Gasteiger partial charge in [-0.05, 0) is 51.0 Å². The zero-order chi connectivity index (χ0) is 31.1. The Labute approximate surface area is 263 Å². The Morgan fingerprint density at radius 3 is 2.25 bits per heavy atom. The molecule has 0 saturated carbocycles. The number of unbranched alkanes of at least 4 members (excludes halogenated alkanes) is 1. The quantitative estimate of drug-likeness (QED) is 0.154. The molecule has 1 atom stereocenters. The highest BCUT2D eigenvalue weighted by Gasteiger charge is 2.32. The Morgan fingerprint density at radius 2 is 1.59 bits per heavy atom. The Bertz CT molecular complexity index is 1550. The van der Waals surface area contributed by atoms with Crippen molar-refractivity contribution >= 4 is 23.6 Å². The fourth-order valence-electron chi connectivity index (χ4n) is 5.45. The first-order chi connectivity index (χ1) is 21.4. The van der Waals surface area contributed by atoms with Gasteiger partial charge < -0.3 is 19.3 Å². The van der Waals surface area contributed by atoms with Crippen LogP contribution in [0.5, 0.6) is 11.5 Å². The third-order valence-electron chi connectivity index (χ3n) is 7.86. The van der Waals surface area contributed by atoms with Gasteiger partial charge in [-0.2, -0.15) is 0 Å². The van der Waals surface area contributed by atoms with Gasteiger partial charge in [0, 0.05) is 49.1 Å². The molecule has 2 heterocycles. The second-order valence-electron chi connectivity index (χ2n) is 10.9. The van der Waals surface area contributed by atoms with Crippen molar-refractivity contribution < 1.29 is 19.1 Å². The van der Waals surface area contributed by atoms with E-state index in [1.807, 2.05) is 30.0 Å². The summed E-state index contributed by atoms with van der Waals surface area (Å²) >= 11 is 1.66. The maximum Gasteiger partial charge on any atom is 0.261 e. The van der Waals surface area contributed by atoms with E-state index in [0.717, 1.165) is 40.8 Å². The second-order valence-corrected chi connectivity index (χ2v) is 11.9. The number of amides is 2. The number of aryl methyl sites for hydroxylation is 1. The van der Waals surface area contributed by atoms with Gasteiger partial charge in [-0.25, -0.2) is 0 Å². The summed E-state index contributed by atoms with van der Waals surface area (Å²) in [5.74, 6) is 2.57. The Morgan fingerprint density at radius 1 is 0.886 bits per heavy atom. The number of nitrogens with zero attached hydrogens (tertiary/aromatic N) is 5. The van der Waals surface area contributed by atoms with Crippen LogP contribution in [0, 0.1) is 6.92 Å². The molecule has 1 aliphatic rings. The molecule has 0 aliphatic carbocycles. The van der Waals surface area contributed by atoms with E-state index in [-0.39, 0.29) is 17.9 Å². The van der Waals surface area contributed by atoms with Crippen molar-refractivity contribution in [1.82, 2.24) is 24.6 Å². The Balaban J connectivity index is 1.14. The van der Waals surface area contributed by atoms with Crippen molar-refractivity contribution in [3.63, 3.8) is 0 Å². The molecular formula is C34H39N5O4S. The minimum Gasteiger partial charge on any atom is -0.496 e. The number of hydrogen-bond acceptors (Lipinski definition) is 7. The number of carbonyl (C=O) groups excluding carboxylic acids is 2. The number of ether oxygens (including phenoxy) is 2. The van der Waals surface area contributed by atoms with Crippen LogP contribution in [0.2, 0.25) is 0 Å². The molecule has 4 aromatic rings. The molecule has 3 aromatic carbocycles. The summed E-state index contributed by atoms with van der Waals surface area (Å²) in [6, 6.07) is 23.6. The standard InChI is InChI=1S/C34H39N5O4S/c1-24-16-18-26(19-17-24)32-35-36-34(39(32)27-11-6-5-7-12-27)44-22-9-8-15-30(40)37-20-21-38(25(2)23-37)33(41)31-28(42-3)13-10-14-29(31)43-4/h5-7,10-14,16-19,25H,8-9,15,20-23H2,1-4H3. The fraction of sp³-hybridized carbons (Fsp3) is 0.353. The van der Waals surface area contributed by atoms with E-state index in [2.05, 4.69) is 58.1 Å². The molecule has 0 N–H and O–H groups in total. The summed E-state index contributed by atoms with van der Waals surface area (Å²) in [6.45, 7) is 5.51. The summed E-state index contributed by atoms with van der Waals surface area (Å²) in [4.78, 5) is 30.2. The smallest absolute Gasteiger partial charge is 0.261 e. The van der Waals surface area contributed by atoms with Crippen LogP contribution >= 0.6 is 11.8 Å². The van der Waals surface area contributed by atoms with E-state index in [4.69, 9.17) is 9.47 Å². The van der Waals surface area contributed by atoms with Crippen LogP contribution in [0.25, 0.3) is 17.1 Å². The van der Waals surface area contributed by atoms with E-state index in [0.29, 0.717) is 43.1 Å². The SMILES string of the molecule is COc1cccc(OC)c1C(=O)N1CCN(C(=O)CCCCSc2nnc(-c3ccc(C)cc3)n2-c2ccccc2)CC1C. The van der Waals surface area contributed by atoms with Crippen LogP contribution in [0.4, 0.5) is 0 Å². The summed E-state index contributed by atoms with van der Waals surface area (Å²) < 4.78 is 13.0. The molecule has 5 rings (SSSR count). The Hall–Kier alpha value is -4.31. The highest BCUT2D eigenvalue weighted by Crippen LogP contribution is 2.31. The molecule has 0 spiro atoms. The van der Waals surface area contributed by atoms with Gasteiger partial charge >= 0.3 is 0 Å². The van der Waals surface area contributed by atoms with Gasteiger partial charge in [0.1, 0.15) is 17.1 Å². The van der Waals surface area contributed by atoms with Crippen LogP contribution in [0.3, 0.4) is 0 Å². The van der Waals surface area contributed by atoms with Crippen LogP contribution in [-0.2, 0) is 4.79 Å². The molecule has 1 aliphatic heterocycles. The van der Waals surface area contributed by atoms with Crippen molar-refractivity contribution in [3.8, 4) is 28.6 Å². The number of carbonyl (C=O) groups is 2. The third-order valence-corrected chi connectivity index (χ3v) is 8.87. The molecule has 230 valence electrons. The second kappa shape index (κ2) is 14.4. The zero-order valence-electron chi connectivity index (χ0n) is 25.7. The van der Waals surface area contributed by atoms with Gasteiger partial charge in [-0.3, -0.25) is 14.2 Å². The minimum absolute atomic E-state index is 0.123. The van der Waals surface area contributed by atoms with Crippen molar-refractivity contribution in [3.05, 3.63) is 83.9 Å². The molecular weight excluding hydrogens is 574 g/mol. The maximum absolute atomic E-state index is 13.5. The number of benzene rings is 3. The lowest BCUT2D eigenvalue weighted by molar-refractivity contribution is -0.133. The van der Waals surface area contributed by atoms with Crippen molar-refractivity contribution in [1.29, 1.82) is 0 Å². The molecule has 0 radical (unpaired) electrons. The lowest BCUT2D eigenvalue weighted by atomic mass is 10.1. The van der Waals surface area contributed by atoms with Gasteiger partial charge in [0.05, 0.1) is 14.2 Å². The van der Waals surface area contributed by atoms with Crippen molar-refractivity contribution in [2.75, 3.05) is 39.6 Å². The number of rotatable bonds is 11. The van der Waals surface area contributed by atoms with Gasteiger partial charge in [0.15, 0.2) is 11.0 Å². The van der Waals surface area contributed by atoms with Gasteiger partial charge in [0.25, 0.3) is 5.91 Å². The average Bonchev–Trinajstić information content (AvgIpc) is 3.48. The highest BCUT2D eigenvalue weighted by atomic mass is 32.2. The van der Waals surface area contributed by atoms with Crippen LogP contribution in [0.15, 0.2) is 78.0 Å². The summed E-state index contributed by atoms with van der Waals surface area (Å²) in [6.07, 6.45) is 2.13. The van der Waals surface area contributed by atoms with E-state index >= 15 is 0 Å². The number of piperazine rings is 1. The number of thioether (sulfide) groups is 1. The largest absolute Gasteiger partial charge is 0.496 e. The molecule has 1 fully saturated rings. The Kier molecular flexibility index (Phi) is 10.2. The maximum atomic E-state index is 13.5. The molecule has 9 nitrogen and oxygen atoms in total. The average molecular weight is 614 g/mol. The summed E-state index contributed by atoms with van der Waals surface area (Å²) in [5, 5.41) is 9.89. The lowest BCUT2D eigenvalue weighted by Crippen LogP contribution is -2.55. The molecule has 44 heavy (non-hydrogen) atoms. The molecule has 1 unspecified atom stereocenters. The van der Waals surface area contributed by atoms with Gasteiger partial charge in [-0.1, -0.05) is 65.9 Å². The fourth-order valence-corrected chi connectivity index (χ4v) is 6.40. The van der Waals surface area contributed by atoms with E-state index in [1.54, 1.807) is 49.1 Å². The first kappa shape index (κ1) is 31.1. The first-order valence-corrected chi connectivity index (χ1v) is 15.9. The first-order valence-electron chi connectivity index (χ1n) is 14.9. The number of methoxy groups -OCH3 is 2. The number of para-hydroxylation sites is 1. The summed E-state index contributed by atoms with van der Waals surface area (Å²) in [7, 11) is 3.09. The van der Waals surface area contributed by atoms with Gasteiger partial charge in [0.2, 0.25) is 5.91 Å². The molecule has 1 aromatic heterocycles. The monoisotopic (exact) mass is 613 g/mol. The lowest BCUT2D eigenvalue weighted by Gasteiger charge is -2.40. The predicted molar refractivity (Wildman–Crippen MR) is 173 cm³/mol. The van der Waals surface area contributed by atoms with Crippen molar-refractivity contribution in [2.24, 2.45) is 0 Å². The molecule has 10 heteroatoms. The van der Waals surface area contributed by atoms with Gasteiger partial charge in [-0.15, -0.1) is 10.2 Å². The van der Waals surface area contributed by atoms with Crippen LogP contribution < -0.4 is 9.47 Å². The zero-order valence-corrected chi connectivity index (χ0v) is 26.5. The summed E-state index contributed by atoms with van der Waals surface area (Å²) in [5.41, 5.74) is 3.64. The van der Waals surface area contributed by atoms with Crippen LogP contribution in [0.1, 0.15) is 42.1 Å². The van der Waals surface area contributed by atoms with Crippen molar-refractivity contribution in [2.45, 2.75) is 44.3 Å². The highest BCUT2D eigenvalue weighted by molar-refractivity contribution is 7.99.